The molecule has 1 aromatic heterocycles. The highest BCUT2D eigenvalue weighted by Gasteiger charge is 2.42. The van der Waals surface area contributed by atoms with E-state index in [1.165, 1.54) is 0 Å². The average Bonchev–Trinajstić information content (AvgIpc) is 2.79. The van der Waals surface area contributed by atoms with Gasteiger partial charge >= 0.3 is 0 Å². The maximum absolute atomic E-state index is 12.2. The van der Waals surface area contributed by atoms with Crippen molar-refractivity contribution in [1.82, 2.24) is 14.8 Å². The van der Waals surface area contributed by atoms with Crippen LogP contribution in [0.1, 0.15) is 32.6 Å². The van der Waals surface area contributed by atoms with Crippen molar-refractivity contribution >= 4 is 11.7 Å². The van der Waals surface area contributed by atoms with E-state index >= 15 is 0 Å². The molecule has 0 bridgehead atoms. The van der Waals surface area contributed by atoms with E-state index in [1.54, 1.807) is 0 Å². The van der Waals surface area contributed by atoms with Gasteiger partial charge in [0.1, 0.15) is 12.4 Å². The van der Waals surface area contributed by atoms with Gasteiger partial charge in [0, 0.05) is 64.7 Å². The third kappa shape index (κ3) is 4.90. The summed E-state index contributed by atoms with van der Waals surface area (Å²) in [4.78, 5) is 23.7. The fourth-order valence-electron chi connectivity index (χ4n) is 4.96. The van der Waals surface area contributed by atoms with Gasteiger partial charge < -0.3 is 19.3 Å². The van der Waals surface area contributed by atoms with Crippen molar-refractivity contribution in [3.63, 3.8) is 0 Å². The first kappa shape index (κ1) is 20.6. The molecule has 1 atom stereocenters. The fraction of sp³-hybridized carbons (Fsp3) is 0.727. The molecule has 0 unspecified atom stereocenters. The minimum Gasteiger partial charge on any atom is -0.375 e. The summed E-state index contributed by atoms with van der Waals surface area (Å²) in [7, 11) is 0. The Morgan fingerprint density at radius 2 is 2.00 bits per heavy atom. The molecular weight excluding hydrogens is 368 g/mol. The Balaban J connectivity index is 1.28. The van der Waals surface area contributed by atoms with Crippen molar-refractivity contribution in [1.29, 1.82) is 0 Å². The fourth-order valence-corrected chi connectivity index (χ4v) is 4.96. The van der Waals surface area contributed by atoms with Gasteiger partial charge in [0.2, 0.25) is 5.91 Å². The highest BCUT2D eigenvalue weighted by Crippen LogP contribution is 2.37. The second-order valence-corrected chi connectivity index (χ2v) is 8.41. The van der Waals surface area contributed by atoms with E-state index in [2.05, 4.69) is 26.9 Å². The molecule has 0 aromatic carbocycles. The van der Waals surface area contributed by atoms with Crippen molar-refractivity contribution in [3.8, 4) is 0 Å². The van der Waals surface area contributed by atoms with Crippen LogP contribution in [0.4, 0.5) is 5.82 Å². The van der Waals surface area contributed by atoms with Crippen LogP contribution in [0.25, 0.3) is 0 Å². The Kier molecular flexibility index (Phi) is 6.67. The molecule has 4 heterocycles. The van der Waals surface area contributed by atoms with Crippen LogP contribution in [0.3, 0.4) is 0 Å². The van der Waals surface area contributed by atoms with Crippen LogP contribution < -0.4 is 4.90 Å². The summed E-state index contributed by atoms with van der Waals surface area (Å²) in [5.41, 5.74) is -0.0522. The van der Waals surface area contributed by atoms with Crippen LogP contribution in [-0.4, -0.2) is 91.4 Å². The van der Waals surface area contributed by atoms with Gasteiger partial charge in [-0.2, -0.15) is 0 Å². The van der Waals surface area contributed by atoms with Gasteiger partial charge in [-0.05, 0) is 44.7 Å². The molecule has 3 saturated heterocycles. The second-order valence-electron chi connectivity index (χ2n) is 8.41. The Labute approximate surface area is 174 Å². The van der Waals surface area contributed by atoms with Crippen molar-refractivity contribution in [3.05, 3.63) is 24.4 Å². The highest BCUT2D eigenvalue weighted by molar-refractivity contribution is 5.77. The number of amides is 1. The zero-order valence-electron chi connectivity index (χ0n) is 17.6. The quantitative estimate of drug-likeness (QED) is 0.748. The van der Waals surface area contributed by atoms with Crippen LogP contribution in [-0.2, 0) is 14.3 Å². The number of piperazine rings is 1. The monoisotopic (exact) mass is 402 g/mol. The lowest BCUT2D eigenvalue weighted by molar-refractivity contribution is -0.152. The van der Waals surface area contributed by atoms with Crippen LogP contribution in [0.5, 0.6) is 0 Å². The number of anilines is 1. The largest absolute Gasteiger partial charge is 0.375 e. The van der Waals surface area contributed by atoms with Crippen molar-refractivity contribution in [2.45, 2.75) is 44.2 Å². The molecule has 3 aliphatic rings. The molecule has 0 N–H and O–H groups in total. The summed E-state index contributed by atoms with van der Waals surface area (Å²) in [6.07, 6.45) is 5.95. The first-order valence-electron chi connectivity index (χ1n) is 11.1. The Bertz CT molecular complexity index is 655. The normalized spacial score (nSPS) is 25.3. The molecule has 7 heteroatoms. The zero-order chi connectivity index (χ0) is 20.1. The number of nitrogens with zero attached hydrogens (tertiary/aromatic N) is 4. The van der Waals surface area contributed by atoms with Crippen molar-refractivity contribution in [2.75, 3.05) is 64.0 Å². The lowest BCUT2D eigenvalue weighted by atomic mass is 9.81. The maximum Gasteiger partial charge on any atom is 0.248 e. The number of carbonyl (C=O) groups is 1. The molecule has 0 saturated carbocycles. The van der Waals surface area contributed by atoms with Gasteiger partial charge in [-0.3, -0.25) is 9.69 Å². The van der Waals surface area contributed by atoms with E-state index in [0.29, 0.717) is 12.6 Å². The topological polar surface area (TPSA) is 58.1 Å². The molecule has 3 fully saturated rings. The second kappa shape index (κ2) is 9.41. The molecule has 1 aromatic rings. The first-order chi connectivity index (χ1) is 14.2. The van der Waals surface area contributed by atoms with Crippen molar-refractivity contribution in [2.24, 2.45) is 0 Å². The number of hydrogen-bond acceptors (Lipinski definition) is 6. The number of aromatic nitrogens is 1. The van der Waals surface area contributed by atoms with E-state index in [0.717, 1.165) is 77.4 Å². The van der Waals surface area contributed by atoms with E-state index in [4.69, 9.17) is 9.47 Å². The number of carbonyl (C=O) groups excluding carboxylic acids is 1. The predicted molar refractivity (Wildman–Crippen MR) is 112 cm³/mol. The molecule has 0 radical (unpaired) electrons. The van der Waals surface area contributed by atoms with Crippen molar-refractivity contribution < 1.29 is 14.3 Å². The van der Waals surface area contributed by atoms with Gasteiger partial charge in [0.25, 0.3) is 0 Å². The molecule has 1 spiro atoms. The Morgan fingerprint density at radius 3 is 2.69 bits per heavy atom. The lowest BCUT2D eigenvalue weighted by Gasteiger charge is -2.49. The number of likely N-dealkylation sites (tertiary alicyclic amines) is 1. The van der Waals surface area contributed by atoms with Gasteiger partial charge in [-0.15, -0.1) is 0 Å². The summed E-state index contributed by atoms with van der Waals surface area (Å²) in [6, 6.07) is 6.71. The summed E-state index contributed by atoms with van der Waals surface area (Å²) < 4.78 is 11.6. The first-order valence-corrected chi connectivity index (χ1v) is 11.1. The number of pyridine rings is 1. The smallest absolute Gasteiger partial charge is 0.248 e. The minimum absolute atomic E-state index is 0.0522. The zero-order valence-corrected chi connectivity index (χ0v) is 17.6. The van der Waals surface area contributed by atoms with Crippen LogP contribution in [0, 0.1) is 0 Å². The van der Waals surface area contributed by atoms with E-state index in [1.807, 2.05) is 24.1 Å². The van der Waals surface area contributed by atoms with E-state index in [9.17, 15) is 4.79 Å². The molecule has 4 rings (SSSR count). The third-order valence-corrected chi connectivity index (χ3v) is 6.73. The van der Waals surface area contributed by atoms with E-state index in [-0.39, 0.29) is 18.1 Å². The minimum atomic E-state index is -0.0522. The number of ether oxygens (including phenoxy) is 2. The molecule has 3 aliphatic heterocycles. The summed E-state index contributed by atoms with van der Waals surface area (Å²) in [6.45, 7) is 9.32. The molecule has 7 nitrogen and oxygen atoms in total. The summed E-state index contributed by atoms with van der Waals surface area (Å²) >= 11 is 0. The van der Waals surface area contributed by atoms with Gasteiger partial charge in [0.05, 0.1) is 5.60 Å². The summed E-state index contributed by atoms with van der Waals surface area (Å²) in [5.74, 6) is 1.19. The van der Waals surface area contributed by atoms with Crippen LogP contribution in [0.2, 0.25) is 0 Å². The molecule has 160 valence electrons. The molecular formula is C22H34N4O3. The number of piperidine rings is 1. The Morgan fingerprint density at radius 1 is 1.21 bits per heavy atom. The number of hydrogen-bond donors (Lipinski definition) is 0. The highest BCUT2D eigenvalue weighted by atomic mass is 16.5. The van der Waals surface area contributed by atoms with Crippen LogP contribution >= 0.6 is 0 Å². The van der Waals surface area contributed by atoms with Gasteiger partial charge in [-0.1, -0.05) is 6.07 Å². The maximum atomic E-state index is 12.2. The molecule has 0 aliphatic carbocycles. The van der Waals surface area contributed by atoms with Gasteiger partial charge in [0.15, 0.2) is 0 Å². The Hall–Kier alpha value is -1.70. The predicted octanol–water partition coefficient (Wildman–Crippen LogP) is 1.78. The van der Waals surface area contributed by atoms with Crippen LogP contribution in [0.15, 0.2) is 24.4 Å². The average molecular weight is 403 g/mol. The van der Waals surface area contributed by atoms with Gasteiger partial charge in [-0.25, -0.2) is 4.98 Å². The SMILES string of the molecule is CCOCC(=O)N1CCC2(CC1)C[C@@H](N1CCN(c3ccccn3)CC1)CCO2. The molecule has 29 heavy (non-hydrogen) atoms. The summed E-state index contributed by atoms with van der Waals surface area (Å²) in [5, 5.41) is 0. The third-order valence-electron chi connectivity index (χ3n) is 6.73. The standard InChI is InChI=1S/C22H34N4O3/c1-2-28-18-21(27)26-10-7-22(8-11-26)17-19(6-16-29-22)24-12-14-25(15-13-24)20-5-3-4-9-23-20/h3-5,9,19H,2,6-8,10-18H2,1H3/t19-/m0/s1. The molecule has 1 amide bonds. The van der Waals surface area contributed by atoms with E-state index < -0.39 is 0 Å². The number of rotatable bonds is 5. The lowest BCUT2D eigenvalue weighted by Crippen LogP contribution is -2.57.